The zero-order valence-corrected chi connectivity index (χ0v) is 29.2. The largest absolute Gasteiger partial charge is 0.457 e. The van der Waals surface area contributed by atoms with Crippen LogP contribution < -0.4 is 4.74 Å². The predicted molar refractivity (Wildman–Crippen MR) is 199 cm³/mol. The number of hydrogen-bond donors (Lipinski definition) is 0. The highest BCUT2D eigenvalue weighted by molar-refractivity contribution is 6.09. The molecule has 48 heavy (non-hydrogen) atoms. The topological polar surface area (TPSA) is 44.9 Å². The summed E-state index contributed by atoms with van der Waals surface area (Å²) in [6.45, 7) is 15.4. The van der Waals surface area contributed by atoms with Crippen molar-refractivity contribution in [1.29, 1.82) is 0 Å². The lowest BCUT2D eigenvalue weighted by atomic mass is 9.88. The third-order valence-electron chi connectivity index (χ3n) is 9.69. The van der Waals surface area contributed by atoms with Crippen molar-refractivity contribution in [2.24, 2.45) is 0 Å². The molecule has 3 aromatic heterocycles. The van der Waals surface area contributed by atoms with Gasteiger partial charge in [-0.1, -0.05) is 58.0 Å². The molecule has 0 radical (unpaired) electrons. The van der Waals surface area contributed by atoms with Gasteiger partial charge in [-0.05, 0) is 122 Å². The van der Waals surface area contributed by atoms with Gasteiger partial charge in [-0.3, -0.25) is 4.57 Å². The van der Waals surface area contributed by atoms with Gasteiger partial charge in [0.05, 0.1) is 22.4 Å². The molecule has 5 nitrogen and oxygen atoms in total. The number of fused-ring (bicyclic) bond motifs is 3. The standard InChI is InChI=1S/C43H44N4O/c1-8-30-21-32(10-3)43(33(11-4)22-30)42-28(6)45-47(29(42)7)34-23-31(9-2)24-36(25-34)48-35-16-17-38-37-14-12-13-15-39(37)46(40(38)26-35)41-20-27(5)18-19-44-41/h12-26H,8-11H2,1-7H3. The van der Waals surface area contributed by atoms with Crippen LogP contribution >= 0.6 is 0 Å². The van der Waals surface area contributed by atoms with Crippen LogP contribution in [0.2, 0.25) is 0 Å². The summed E-state index contributed by atoms with van der Waals surface area (Å²) in [6, 6.07) is 30.3. The SMILES string of the molecule is CCc1cc(Oc2ccc3c4ccccc4n(-c4cc(C)ccn4)c3c2)cc(-n2nc(C)c(-c3c(CC)cc(CC)cc3CC)c2C)c1. The van der Waals surface area contributed by atoms with Gasteiger partial charge in [-0.25, -0.2) is 9.67 Å². The van der Waals surface area contributed by atoms with Gasteiger partial charge < -0.3 is 4.74 Å². The molecule has 0 aliphatic rings. The van der Waals surface area contributed by atoms with Crippen molar-refractivity contribution < 1.29 is 4.74 Å². The molecule has 0 fully saturated rings. The van der Waals surface area contributed by atoms with Gasteiger partial charge in [0.1, 0.15) is 17.3 Å². The van der Waals surface area contributed by atoms with Crippen molar-refractivity contribution in [3.05, 3.63) is 130 Å². The van der Waals surface area contributed by atoms with Crippen molar-refractivity contribution in [3.63, 3.8) is 0 Å². The molecule has 7 rings (SSSR count). The molecule has 0 unspecified atom stereocenters. The highest BCUT2D eigenvalue weighted by Crippen LogP contribution is 2.38. The lowest BCUT2D eigenvalue weighted by Crippen LogP contribution is -2.02. The Hall–Kier alpha value is -5.16. The molecule has 0 spiro atoms. The number of hydrogen-bond acceptors (Lipinski definition) is 3. The lowest BCUT2D eigenvalue weighted by Gasteiger charge is -2.17. The summed E-state index contributed by atoms with van der Waals surface area (Å²) in [7, 11) is 0. The molecule has 0 bridgehead atoms. The molecule has 5 heteroatoms. The summed E-state index contributed by atoms with van der Waals surface area (Å²) >= 11 is 0. The Morgan fingerprint density at radius 2 is 1.33 bits per heavy atom. The van der Waals surface area contributed by atoms with Crippen LogP contribution in [-0.4, -0.2) is 19.3 Å². The minimum atomic E-state index is 0.781. The molecule has 0 aliphatic carbocycles. The van der Waals surface area contributed by atoms with Crippen LogP contribution in [0.4, 0.5) is 0 Å². The van der Waals surface area contributed by atoms with E-state index in [2.05, 4.69) is 137 Å². The normalized spacial score (nSPS) is 11.6. The molecule has 0 aliphatic heterocycles. The molecule has 0 N–H and O–H groups in total. The van der Waals surface area contributed by atoms with Crippen LogP contribution in [0.1, 0.15) is 66.9 Å². The number of para-hydroxylation sites is 1. The summed E-state index contributed by atoms with van der Waals surface area (Å²) < 4.78 is 11.0. The monoisotopic (exact) mass is 632 g/mol. The summed E-state index contributed by atoms with van der Waals surface area (Å²) in [6.07, 6.45) is 5.79. The Balaban J connectivity index is 1.32. The molecule has 4 aromatic carbocycles. The van der Waals surface area contributed by atoms with Crippen LogP contribution in [0, 0.1) is 20.8 Å². The van der Waals surface area contributed by atoms with E-state index in [1.165, 1.54) is 49.7 Å². The lowest BCUT2D eigenvalue weighted by molar-refractivity contribution is 0.482. The van der Waals surface area contributed by atoms with Crippen molar-refractivity contribution in [1.82, 2.24) is 19.3 Å². The first-order chi connectivity index (χ1) is 23.3. The van der Waals surface area contributed by atoms with E-state index in [1.54, 1.807) is 0 Å². The van der Waals surface area contributed by atoms with E-state index in [9.17, 15) is 0 Å². The molecular weight excluding hydrogens is 589 g/mol. The minimum absolute atomic E-state index is 0.781. The highest BCUT2D eigenvalue weighted by atomic mass is 16.5. The maximum atomic E-state index is 6.69. The highest BCUT2D eigenvalue weighted by Gasteiger charge is 2.21. The number of ether oxygens (including phenoxy) is 1. The van der Waals surface area contributed by atoms with Gasteiger partial charge in [0.25, 0.3) is 0 Å². The molecule has 7 aromatic rings. The number of rotatable bonds is 9. The molecule has 0 atom stereocenters. The molecular formula is C43H44N4O. The van der Waals surface area contributed by atoms with Crippen molar-refractivity contribution >= 4 is 21.8 Å². The number of nitrogens with zero attached hydrogens (tertiary/aromatic N) is 4. The average Bonchev–Trinajstić information content (AvgIpc) is 3.59. The zero-order chi connectivity index (χ0) is 33.5. The van der Waals surface area contributed by atoms with Gasteiger partial charge in [0, 0.05) is 40.4 Å². The van der Waals surface area contributed by atoms with Gasteiger partial charge in [0.15, 0.2) is 0 Å². The van der Waals surface area contributed by atoms with E-state index in [1.807, 2.05) is 12.3 Å². The number of pyridine rings is 1. The molecule has 0 amide bonds. The van der Waals surface area contributed by atoms with E-state index in [4.69, 9.17) is 14.8 Å². The van der Waals surface area contributed by atoms with Gasteiger partial charge in [-0.15, -0.1) is 0 Å². The smallest absolute Gasteiger partial charge is 0.137 e. The van der Waals surface area contributed by atoms with E-state index in [0.717, 1.165) is 71.1 Å². The Bertz CT molecular complexity index is 2280. The fraction of sp³-hybridized carbons (Fsp3) is 0.256. The second-order valence-corrected chi connectivity index (χ2v) is 12.8. The Kier molecular flexibility index (Phi) is 8.38. The van der Waals surface area contributed by atoms with Crippen LogP contribution in [0.3, 0.4) is 0 Å². The quantitative estimate of drug-likeness (QED) is 0.159. The maximum absolute atomic E-state index is 6.69. The summed E-state index contributed by atoms with van der Waals surface area (Å²) in [5.41, 5.74) is 14.6. The molecule has 242 valence electrons. The summed E-state index contributed by atoms with van der Waals surface area (Å²) in [4.78, 5) is 4.75. The Morgan fingerprint density at radius 3 is 2.04 bits per heavy atom. The average molecular weight is 633 g/mol. The number of benzene rings is 4. The Labute approximate surface area is 283 Å². The van der Waals surface area contributed by atoms with Gasteiger partial charge in [0.2, 0.25) is 0 Å². The maximum Gasteiger partial charge on any atom is 0.137 e. The van der Waals surface area contributed by atoms with Crippen LogP contribution in [-0.2, 0) is 25.7 Å². The molecule has 0 saturated carbocycles. The van der Waals surface area contributed by atoms with Crippen molar-refractivity contribution in [2.75, 3.05) is 0 Å². The second kappa shape index (κ2) is 12.8. The van der Waals surface area contributed by atoms with E-state index in [-0.39, 0.29) is 0 Å². The van der Waals surface area contributed by atoms with Gasteiger partial charge >= 0.3 is 0 Å². The van der Waals surface area contributed by atoms with Crippen molar-refractivity contribution in [2.45, 2.75) is 74.1 Å². The Morgan fingerprint density at radius 1 is 0.625 bits per heavy atom. The van der Waals surface area contributed by atoms with E-state index >= 15 is 0 Å². The van der Waals surface area contributed by atoms with Crippen LogP contribution in [0.5, 0.6) is 11.5 Å². The minimum Gasteiger partial charge on any atom is -0.457 e. The first-order valence-corrected chi connectivity index (χ1v) is 17.3. The van der Waals surface area contributed by atoms with Crippen LogP contribution in [0.15, 0.2) is 91.1 Å². The third-order valence-corrected chi connectivity index (χ3v) is 9.69. The summed E-state index contributed by atoms with van der Waals surface area (Å²) in [5.74, 6) is 2.48. The van der Waals surface area contributed by atoms with Crippen molar-refractivity contribution in [3.8, 4) is 34.1 Å². The first kappa shape index (κ1) is 31.4. The fourth-order valence-corrected chi connectivity index (χ4v) is 7.25. The molecule has 0 saturated heterocycles. The summed E-state index contributed by atoms with van der Waals surface area (Å²) in [5, 5.41) is 7.51. The second-order valence-electron chi connectivity index (χ2n) is 12.8. The number of aryl methyl sites for hydroxylation is 6. The van der Waals surface area contributed by atoms with Gasteiger partial charge in [-0.2, -0.15) is 5.10 Å². The van der Waals surface area contributed by atoms with E-state index in [0.29, 0.717) is 0 Å². The van der Waals surface area contributed by atoms with Crippen LogP contribution in [0.25, 0.3) is 44.4 Å². The third kappa shape index (κ3) is 5.47. The number of aromatic nitrogens is 4. The fourth-order valence-electron chi connectivity index (χ4n) is 7.25. The van der Waals surface area contributed by atoms with E-state index < -0.39 is 0 Å². The zero-order valence-electron chi connectivity index (χ0n) is 29.2. The first-order valence-electron chi connectivity index (χ1n) is 17.3. The molecule has 3 heterocycles. The predicted octanol–water partition coefficient (Wildman–Crippen LogP) is 11.0.